The molecule has 0 atom stereocenters. The predicted molar refractivity (Wildman–Crippen MR) is 110 cm³/mol. The Hall–Kier alpha value is -2.25. The zero-order valence-electron chi connectivity index (χ0n) is 15.5. The number of hydrogen-bond acceptors (Lipinski definition) is 6. The van der Waals surface area contributed by atoms with E-state index in [-0.39, 0.29) is 11.7 Å². The van der Waals surface area contributed by atoms with Gasteiger partial charge in [0, 0.05) is 24.1 Å². The molecule has 7 heteroatoms. The average molecular weight is 400 g/mol. The number of hydrogen-bond donors (Lipinski definition) is 0. The summed E-state index contributed by atoms with van der Waals surface area (Å²) in [6.07, 6.45) is 2.05. The van der Waals surface area contributed by atoms with Crippen molar-refractivity contribution in [2.24, 2.45) is 0 Å². The van der Waals surface area contributed by atoms with Gasteiger partial charge in [-0.05, 0) is 43.0 Å². The van der Waals surface area contributed by atoms with Crippen molar-refractivity contribution in [1.29, 1.82) is 0 Å². The lowest BCUT2D eigenvalue weighted by atomic mass is 10.1. The van der Waals surface area contributed by atoms with Gasteiger partial charge in [-0.25, -0.2) is 0 Å². The summed E-state index contributed by atoms with van der Waals surface area (Å²) >= 11 is 2.96. The van der Waals surface area contributed by atoms with Crippen molar-refractivity contribution in [2.75, 3.05) is 19.1 Å². The molecule has 3 rings (SSSR count). The minimum absolute atomic E-state index is 0.0178. The van der Waals surface area contributed by atoms with Crippen molar-refractivity contribution < 1.29 is 9.21 Å². The van der Waals surface area contributed by atoms with Crippen LogP contribution in [0, 0.1) is 6.92 Å². The van der Waals surface area contributed by atoms with Crippen LogP contribution in [0.3, 0.4) is 0 Å². The Morgan fingerprint density at radius 3 is 2.63 bits per heavy atom. The highest BCUT2D eigenvalue weighted by atomic mass is 32.2. The van der Waals surface area contributed by atoms with Gasteiger partial charge in [-0.15, -0.1) is 22.0 Å². The van der Waals surface area contributed by atoms with E-state index in [9.17, 15) is 4.79 Å². The third-order valence-corrected chi connectivity index (χ3v) is 5.54. The number of nitrogens with zero attached hydrogens (tertiary/aromatic N) is 3. The molecule has 0 fully saturated rings. The fraction of sp³-hybridized carbons (Fsp3) is 0.250. The molecule has 0 unspecified atom stereocenters. The average Bonchev–Trinajstić information content (AvgIpc) is 3.16. The first-order valence-electron chi connectivity index (χ1n) is 8.45. The molecule has 0 spiro atoms. The predicted octanol–water partition coefficient (Wildman–Crippen LogP) is 4.52. The Balaban J connectivity index is 1.54. The molecule has 1 heterocycles. The number of aromatic nitrogens is 2. The van der Waals surface area contributed by atoms with E-state index >= 15 is 0 Å². The SMILES string of the molecule is CSc1ccc(CN(C)C(=O)CSc2nnc(-c3cccc(C)c3)o2)cc1. The Labute approximate surface area is 167 Å². The third-order valence-electron chi connectivity index (χ3n) is 4.00. The first-order valence-corrected chi connectivity index (χ1v) is 10.7. The van der Waals surface area contributed by atoms with E-state index in [0.29, 0.717) is 17.7 Å². The molecule has 0 radical (unpaired) electrons. The van der Waals surface area contributed by atoms with E-state index in [4.69, 9.17) is 4.42 Å². The van der Waals surface area contributed by atoms with Gasteiger partial charge in [0.2, 0.25) is 11.8 Å². The largest absolute Gasteiger partial charge is 0.411 e. The normalized spacial score (nSPS) is 10.8. The molecule has 2 aromatic carbocycles. The molecule has 140 valence electrons. The van der Waals surface area contributed by atoms with Crippen LogP contribution < -0.4 is 0 Å². The molecule has 0 aliphatic carbocycles. The summed E-state index contributed by atoms with van der Waals surface area (Å²) in [5.74, 6) is 0.745. The van der Waals surface area contributed by atoms with Gasteiger partial charge >= 0.3 is 0 Å². The quantitative estimate of drug-likeness (QED) is 0.545. The van der Waals surface area contributed by atoms with E-state index in [1.165, 1.54) is 16.7 Å². The number of rotatable bonds is 7. The zero-order chi connectivity index (χ0) is 19.2. The summed E-state index contributed by atoms with van der Waals surface area (Å²) in [6.45, 7) is 2.59. The van der Waals surface area contributed by atoms with Gasteiger partial charge in [-0.2, -0.15) is 0 Å². The Morgan fingerprint density at radius 1 is 1.15 bits per heavy atom. The summed E-state index contributed by atoms with van der Waals surface area (Å²) in [7, 11) is 1.80. The third kappa shape index (κ3) is 5.37. The highest BCUT2D eigenvalue weighted by Crippen LogP contribution is 2.24. The van der Waals surface area contributed by atoms with Crippen molar-refractivity contribution in [1.82, 2.24) is 15.1 Å². The van der Waals surface area contributed by atoms with Crippen LogP contribution in [0.4, 0.5) is 0 Å². The molecule has 0 bridgehead atoms. The van der Waals surface area contributed by atoms with Crippen LogP contribution in [0.1, 0.15) is 11.1 Å². The number of benzene rings is 2. The highest BCUT2D eigenvalue weighted by molar-refractivity contribution is 7.99. The van der Waals surface area contributed by atoms with Crippen molar-refractivity contribution >= 4 is 29.4 Å². The summed E-state index contributed by atoms with van der Waals surface area (Å²) in [6, 6.07) is 16.1. The molecule has 1 aromatic heterocycles. The fourth-order valence-electron chi connectivity index (χ4n) is 2.49. The van der Waals surface area contributed by atoms with E-state index in [0.717, 1.165) is 16.7 Å². The summed E-state index contributed by atoms with van der Waals surface area (Å²) in [5.41, 5.74) is 3.11. The lowest BCUT2D eigenvalue weighted by Gasteiger charge is -2.16. The maximum atomic E-state index is 12.4. The molecule has 0 N–H and O–H groups in total. The van der Waals surface area contributed by atoms with Crippen LogP contribution in [-0.4, -0.2) is 40.1 Å². The number of carbonyl (C=O) groups is 1. The second kappa shape index (κ2) is 9.10. The molecule has 5 nitrogen and oxygen atoms in total. The minimum Gasteiger partial charge on any atom is -0.411 e. The van der Waals surface area contributed by atoms with Crippen LogP contribution >= 0.6 is 23.5 Å². The van der Waals surface area contributed by atoms with Crippen LogP contribution in [0.2, 0.25) is 0 Å². The number of thioether (sulfide) groups is 2. The highest BCUT2D eigenvalue weighted by Gasteiger charge is 2.14. The molecular formula is C20H21N3O2S2. The van der Waals surface area contributed by atoms with Crippen molar-refractivity contribution in [3.8, 4) is 11.5 Å². The Bertz CT molecular complexity index is 910. The van der Waals surface area contributed by atoms with Crippen LogP contribution in [0.5, 0.6) is 0 Å². The van der Waals surface area contributed by atoms with E-state index in [2.05, 4.69) is 34.5 Å². The maximum Gasteiger partial charge on any atom is 0.277 e. The van der Waals surface area contributed by atoms with Gasteiger partial charge < -0.3 is 9.32 Å². The second-order valence-electron chi connectivity index (χ2n) is 6.13. The van der Waals surface area contributed by atoms with Crippen molar-refractivity contribution in [3.05, 3.63) is 59.7 Å². The van der Waals surface area contributed by atoms with Gasteiger partial charge in [-0.1, -0.05) is 41.6 Å². The number of aryl methyl sites for hydroxylation is 1. The molecule has 0 saturated heterocycles. The fourth-order valence-corrected chi connectivity index (χ4v) is 3.60. The lowest BCUT2D eigenvalue weighted by Crippen LogP contribution is -2.27. The molecule has 1 amide bonds. The molecule has 27 heavy (non-hydrogen) atoms. The van der Waals surface area contributed by atoms with Crippen LogP contribution in [-0.2, 0) is 11.3 Å². The van der Waals surface area contributed by atoms with Crippen molar-refractivity contribution in [2.45, 2.75) is 23.6 Å². The molecule has 0 aliphatic heterocycles. The first kappa shape index (κ1) is 19.5. The van der Waals surface area contributed by atoms with E-state index < -0.39 is 0 Å². The van der Waals surface area contributed by atoms with Crippen LogP contribution in [0.15, 0.2) is 63.1 Å². The molecule has 0 aliphatic rings. The van der Waals surface area contributed by atoms with Gasteiger partial charge in [-0.3, -0.25) is 4.79 Å². The Kier molecular flexibility index (Phi) is 6.58. The molecule has 0 saturated carbocycles. The van der Waals surface area contributed by atoms with Crippen LogP contribution in [0.25, 0.3) is 11.5 Å². The standard InChI is InChI=1S/C20H21N3O2S2/c1-14-5-4-6-16(11-14)19-21-22-20(25-19)27-13-18(24)23(2)12-15-7-9-17(26-3)10-8-15/h4-11H,12-13H2,1-3H3. The van der Waals surface area contributed by atoms with Gasteiger partial charge in [0.05, 0.1) is 5.75 Å². The lowest BCUT2D eigenvalue weighted by molar-refractivity contribution is -0.127. The topological polar surface area (TPSA) is 59.2 Å². The summed E-state index contributed by atoms with van der Waals surface area (Å²) in [4.78, 5) is 15.3. The summed E-state index contributed by atoms with van der Waals surface area (Å²) in [5, 5.41) is 8.50. The smallest absolute Gasteiger partial charge is 0.277 e. The number of amides is 1. The Morgan fingerprint density at radius 2 is 1.93 bits per heavy atom. The molecule has 3 aromatic rings. The summed E-state index contributed by atoms with van der Waals surface area (Å²) < 4.78 is 5.67. The zero-order valence-corrected chi connectivity index (χ0v) is 17.1. The van der Waals surface area contributed by atoms with E-state index in [1.807, 2.05) is 37.4 Å². The van der Waals surface area contributed by atoms with Gasteiger partial charge in [0.1, 0.15) is 0 Å². The second-order valence-corrected chi connectivity index (χ2v) is 7.94. The monoisotopic (exact) mass is 399 g/mol. The van der Waals surface area contributed by atoms with Gasteiger partial charge in [0.25, 0.3) is 5.22 Å². The minimum atomic E-state index is 0.0178. The van der Waals surface area contributed by atoms with Gasteiger partial charge in [0.15, 0.2) is 0 Å². The maximum absolute atomic E-state index is 12.4. The van der Waals surface area contributed by atoms with E-state index in [1.54, 1.807) is 23.7 Å². The molecular weight excluding hydrogens is 378 g/mol. The van der Waals surface area contributed by atoms with Crippen molar-refractivity contribution in [3.63, 3.8) is 0 Å². The number of carbonyl (C=O) groups excluding carboxylic acids is 1. The first-order chi connectivity index (χ1) is 13.0.